The lowest BCUT2D eigenvalue weighted by Crippen LogP contribution is -2.15. The molecular formula is C28H21ClO. The molecule has 0 bridgehead atoms. The second kappa shape index (κ2) is 7.93. The van der Waals surface area contributed by atoms with Crippen molar-refractivity contribution < 1.29 is 4.79 Å². The molecule has 0 amide bonds. The summed E-state index contributed by atoms with van der Waals surface area (Å²) in [4.78, 5) is 13.2. The van der Waals surface area contributed by atoms with E-state index in [0.717, 1.165) is 11.1 Å². The minimum Gasteiger partial charge on any atom is -0.294 e. The zero-order valence-electron chi connectivity index (χ0n) is 16.5. The summed E-state index contributed by atoms with van der Waals surface area (Å²) in [6, 6.07) is 34.7. The van der Waals surface area contributed by atoms with Gasteiger partial charge in [-0.1, -0.05) is 103 Å². The summed E-state index contributed by atoms with van der Waals surface area (Å²) >= 11 is 6.17. The normalized spacial score (nSPS) is 13.5. The molecule has 30 heavy (non-hydrogen) atoms. The molecule has 146 valence electrons. The summed E-state index contributed by atoms with van der Waals surface area (Å²) in [5.41, 5.74) is 7.02. The van der Waals surface area contributed by atoms with E-state index in [1.54, 1.807) is 0 Å². The van der Waals surface area contributed by atoms with Gasteiger partial charge in [-0.3, -0.25) is 4.79 Å². The fraction of sp³-hybridized carbons (Fsp3) is 0.107. The van der Waals surface area contributed by atoms with Gasteiger partial charge in [-0.05, 0) is 39.9 Å². The molecule has 5 rings (SSSR count). The molecule has 4 aromatic rings. The van der Waals surface area contributed by atoms with Gasteiger partial charge in [0.2, 0.25) is 0 Å². The van der Waals surface area contributed by atoms with Gasteiger partial charge in [0.15, 0.2) is 5.78 Å². The molecule has 1 unspecified atom stereocenters. The third-order valence-electron chi connectivity index (χ3n) is 6.08. The Morgan fingerprint density at radius 2 is 1.23 bits per heavy atom. The first-order valence-corrected chi connectivity index (χ1v) is 10.6. The van der Waals surface area contributed by atoms with Crippen molar-refractivity contribution in [3.8, 4) is 11.1 Å². The van der Waals surface area contributed by atoms with E-state index in [-0.39, 0.29) is 17.6 Å². The highest BCUT2D eigenvalue weighted by Gasteiger charge is 2.36. The molecule has 0 radical (unpaired) electrons. The van der Waals surface area contributed by atoms with Crippen molar-refractivity contribution in [2.75, 3.05) is 0 Å². The van der Waals surface area contributed by atoms with E-state index in [1.165, 1.54) is 22.3 Å². The number of ketones is 1. The van der Waals surface area contributed by atoms with E-state index in [1.807, 2.05) is 42.5 Å². The minimum atomic E-state index is 0.0276. The maximum atomic E-state index is 13.2. The summed E-state index contributed by atoms with van der Waals surface area (Å²) < 4.78 is 0. The molecule has 1 atom stereocenters. The molecular weight excluding hydrogens is 388 g/mol. The fourth-order valence-corrected chi connectivity index (χ4v) is 4.83. The maximum Gasteiger partial charge on any atom is 0.163 e. The second-order valence-corrected chi connectivity index (χ2v) is 8.24. The van der Waals surface area contributed by atoms with Crippen molar-refractivity contribution in [2.45, 2.75) is 18.3 Å². The summed E-state index contributed by atoms with van der Waals surface area (Å²) in [6.07, 6.45) is 0.443. The van der Waals surface area contributed by atoms with Crippen molar-refractivity contribution in [3.05, 3.63) is 130 Å². The lowest BCUT2D eigenvalue weighted by molar-refractivity contribution is 0.0971. The van der Waals surface area contributed by atoms with Crippen LogP contribution in [0.15, 0.2) is 103 Å². The van der Waals surface area contributed by atoms with Crippen molar-refractivity contribution in [2.24, 2.45) is 0 Å². The fourth-order valence-electron chi connectivity index (χ4n) is 4.71. The molecule has 0 aliphatic heterocycles. The number of Topliss-reactive ketones (excluding diaryl/α,β-unsaturated/α-hetero) is 1. The molecule has 1 nitrogen and oxygen atoms in total. The van der Waals surface area contributed by atoms with E-state index < -0.39 is 0 Å². The number of halogens is 1. The van der Waals surface area contributed by atoms with Crippen LogP contribution >= 0.6 is 11.6 Å². The smallest absolute Gasteiger partial charge is 0.163 e. The number of carbonyl (C=O) groups is 1. The number of rotatable bonds is 5. The van der Waals surface area contributed by atoms with Crippen LogP contribution in [0.1, 0.15) is 45.3 Å². The zero-order valence-corrected chi connectivity index (χ0v) is 17.2. The van der Waals surface area contributed by atoms with Gasteiger partial charge in [-0.2, -0.15) is 0 Å². The summed E-state index contributed by atoms with van der Waals surface area (Å²) in [7, 11) is 0. The summed E-state index contributed by atoms with van der Waals surface area (Å²) in [6.45, 7) is 0. The Balaban J connectivity index is 1.63. The van der Waals surface area contributed by atoms with Gasteiger partial charge in [-0.15, -0.1) is 0 Å². The third kappa shape index (κ3) is 3.36. The molecule has 0 saturated heterocycles. The van der Waals surface area contributed by atoms with Crippen molar-refractivity contribution in [1.29, 1.82) is 0 Å². The Morgan fingerprint density at radius 3 is 1.83 bits per heavy atom. The molecule has 1 aliphatic rings. The van der Waals surface area contributed by atoms with E-state index in [4.69, 9.17) is 11.6 Å². The number of benzene rings is 4. The van der Waals surface area contributed by atoms with Crippen molar-refractivity contribution in [3.63, 3.8) is 0 Å². The molecule has 0 saturated carbocycles. The number of fused-ring (bicyclic) bond motifs is 3. The lowest BCUT2D eigenvalue weighted by atomic mass is 9.76. The topological polar surface area (TPSA) is 17.1 Å². The van der Waals surface area contributed by atoms with Crippen LogP contribution in [0.2, 0.25) is 5.02 Å². The van der Waals surface area contributed by atoms with Crippen LogP contribution in [0.5, 0.6) is 0 Å². The Hall–Kier alpha value is -3.16. The number of hydrogen-bond donors (Lipinski definition) is 0. The van der Waals surface area contributed by atoms with Crippen LogP contribution in [0.4, 0.5) is 0 Å². The molecule has 2 heteroatoms. The van der Waals surface area contributed by atoms with E-state index in [2.05, 4.69) is 60.7 Å². The average Bonchev–Trinajstić information content (AvgIpc) is 3.13. The number of carbonyl (C=O) groups excluding carboxylic acids is 1. The van der Waals surface area contributed by atoms with Crippen LogP contribution in [0.3, 0.4) is 0 Å². The predicted octanol–water partition coefficient (Wildman–Crippen LogP) is 7.51. The minimum absolute atomic E-state index is 0.0276. The lowest BCUT2D eigenvalue weighted by Gasteiger charge is -2.26. The van der Waals surface area contributed by atoms with Crippen molar-refractivity contribution >= 4 is 17.4 Å². The summed E-state index contributed by atoms with van der Waals surface area (Å²) in [5.74, 6) is 0.323. The first-order chi connectivity index (χ1) is 14.7. The molecule has 0 heterocycles. The first kappa shape index (κ1) is 18.8. The average molecular weight is 409 g/mol. The molecule has 1 aliphatic carbocycles. The first-order valence-electron chi connectivity index (χ1n) is 10.2. The van der Waals surface area contributed by atoms with Gasteiger partial charge >= 0.3 is 0 Å². The Labute approximate surface area is 182 Å². The van der Waals surface area contributed by atoms with Crippen LogP contribution in [0.25, 0.3) is 11.1 Å². The van der Waals surface area contributed by atoms with Gasteiger partial charge in [0.25, 0.3) is 0 Å². The van der Waals surface area contributed by atoms with Crippen molar-refractivity contribution in [1.82, 2.24) is 0 Å². The third-order valence-corrected chi connectivity index (χ3v) is 6.34. The highest BCUT2D eigenvalue weighted by molar-refractivity contribution is 6.30. The Kier molecular flexibility index (Phi) is 4.98. The monoisotopic (exact) mass is 408 g/mol. The maximum absolute atomic E-state index is 13.2. The SMILES string of the molecule is O=C(CC(c1ccc(Cl)cc1)C1c2ccccc2-c2ccccc21)c1ccccc1. The Morgan fingerprint density at radius 1 is 0.700 bits per heavy atom. The van der Waals surface area contributed by atoms with Crippen LogP contribution in [-0.2, 0) is 0 Å². The highest BCUT2D eigenvalue weighted by atomic mass is 35.5. The highest BCUT2D eigenvalue weighted by Crippen LogP contribution is 2.52. The molecule has 0 N–H and O–H groups in total. The Bertz CT molecular complexity index is 1150. The van der Waals surface area contributed by atoms with Crippen LogP contribution in [-0.4, -0.2) is 5.78 Å². The molecule has 0 spiro atoms. The molecule has 0 aromatic heterocycles. The van der Waals surface area contributed by atoms with Gasteiger partial charge in [-0.25, -0.2) is 0 Å². The summed E-state index contributed by atoms with van der Waals surface area (Å²) in [5, 5.41) is 0.708. The molecule has 0 fully saturated rings. The largest absolute Gasteiger partial charge is 0.294 e. The molecule has 4 aromatic carbocycles. The van der Waals surface area contributed by atoms with Gasteiger partial charge < -0.3 is 0 Å². The van der Waals surface area contributed by atoms with Crippen LogP contribution < -0.4 is 0 Å². The van der Waals surface area contributed by atoms with Crippen LogP contribution in [0, 0.1) is 0 Å². The number of hydrogen-bond acceptors (Lipinski definition) is 1. The quantitative estimate of drug-likeness (QED) is 0.312. The van der Waals surface area contributed by atoms with Gasteiger partial charge in [0, 0.05) is 28.8 Å². The zero-order chi connectivity index (χ0) is 20.5. The van der Waals surface area contributed by atoms with E-state index >= 15 is 0 Å². The van der Waals surface area contributed by atoms with E-state index in [9.17, 15) is 4.79 Å². The van der Waals surface area contributed by atoms with Gasteiger partial charge in [0.1, 0.15) is 0 Å². The van der Waals surface area contributed by atoms with Gasteiger partial charge in [0.05, 0.1) is 0 Å². The second-order valence-electron chi connectivity index (χ2n) is 7.80. The predicted molar refractivity (Wildman–Crippen MR) is 123 cm³/mol. The standard InChI is InChI=1S/C28H21ClO/c29-21-16-14-19(15-17-21)26(18-27(30)20-8-2-1-3-9-20)28-24-12-6-4-10-22(24)23-11-5-7-13-25(23)28/h1-17,26,28H,18H2. The van der Waals surface area contributed by atoms with E-state index in [0.29, 0.717) is 11.4 Å².